The molecule has 3 heterocycles. The molecular weight excluding hydrogens is 337 g/mol. The number of nitrogens with zero attached hydrogens (tertiary/aromatic N) is 2. The van der Waals surface area contributed by atoms with Gasteiger partial charge in [-0.1, -0.05) is 23.2 Å². The molecule has 2 unspecified atom stereocenters. The van der Waals surface area contributed by atoms with Crippen LogP contribution < -0.4 is 21.1 Å². The van der Waals surface area contributed by atoms with Crippen molar-refractivity contribution in [3.8, 4) is 0 Å². The molecule has 1 aromatic rings. The summed E-state index contributed by atoms with van der Waals surface area (Å²) in [6.45, 7) is 1.99. The largest absolute Gasteiger partial charge is 0.324 e. The van der Waals surface area contributed by atoms with E-state index in [4.69, 9.17) is 23.2 Å². The van der Waals surface area contributed by atoms with Crippen LogP contribution in [0.5, 0.6) is 0 Å². The van der Waals surface area contributed by atoms with Gasteiger partial charge in [-0.15, -0.1) is 0 Å². The van der Waals surface area contributed by atoms with Gasteiger partial charge in [0.15, 0.2) is 0 Å². The quantitative estimate of drug-likeness (QED) is 0.754. The van der Waals surface area contributed by atoms with Gasteiger partial charge in [0, 0.05) is 24.3 Å². The lowest BCUT2D eigenvalue weighted by molar-refractivity contribution is -0.121. The van der Waals surface area contributed by atoms with Gasteiger partial charge >= 0.3 is 0 Å². The lowest BCUT2D eigenvalue weighted by Crippen LogP contribution is -2.66. The molecule has 3 N–H and O–H groups in total. The Balaban J connectivity index is 1.54. The first kappa shape index (κ1) is 15.2. The minimum atomic E-state index is -0.235. The van der Waals surface area contributed by atoms with Crippen LogP contribution in [0.15, 0.2) is 30.0 Å². The van der Waals surface area contributed by atoms with E-state index in [9.17, 15) is 4.79 Å². The van der Waals surface area contributed by atoms with Crippen molar-refractivity contribution in [1.82, 2.24) is 21.0 Å². The molecule has 3 aliphatic heterocycles. The highest BCUT2D eigenvalue weighted by molar-refractivity contribution is 6.36. The molecule has 0 spiro atoms. The predicted octanol–water partition coefficient (Wildman–Crippen LogP) is 1.63. The Labute approximate surface area is 144 Å². The highest BCUT2D eigenvalue weighted by Crippen LogP contribution is 2.31. The summed E-state index contributed by atoms with van der Waals surface area (Å²) >= 11 is 12.2. The number of halogens is 2. The number of hydrogen-bond acceptors (Lipinski definition) is 5. The van der Waals surface area contributed by atoms with Crippen LogP contribution in [0.25, 0.3) is 0 Å². The molecule has 23 heavy (non-hydrogen) atoms. The van der Waals surface area contributed by atoms with Gasteiger partial charge in [-0.25, -0.2) is 5.43 Å². The number of nitrogens with one attached hydrogen (secondary N) is 3. The van der Waals surface area contributed by atoms with Crippen molar-refractivity contribution in [1.29, 1.82) is 0 Å². The fourth-order valence-electron chi connectivity index (χ4n) is 3.20. The van der Waals surface area contributed by atoms with Gasteiger partial charge in [-0.05, 0) is 31.0 Å². The molecule has 0 aromatic heterocycles. The molecule has 0 radical (unpaired) electrons. The van der Waals surface area contributed by atoms with Gasteiger partial charge in [-0.3, -0.25) is 20.0 Å². The summed E-state index contributed by atoms with van der Waals surface area (Å²) in [6.07, 6.45) is 3.73. The van der Waals surface area contributed by atoms with E-state index >= 15 is 0 Å². The van der Waals surface area contributed by atoms with Gasteiger partial charge in [-0.2, -0.15) is 0 Å². The second-order valence-electron chi connectivity index (χ2n) is 5.90. The molecule has 8 heteroatoms. The fraction of sp³-hybridized carbons (Fsp3) is 0.400. The van der Waals surface area contributed by atoms with Gasteiger partial charge < -0.3 is 5.32 Å². The van der Waals surface area contributed by atoms with Gasteiger partial charge in [0.05, 0.1) is 16.3 Å². The van der Waals surface area contributed by atoms with Crippen LogP contribution in [0.4, 0.5) is 5.69 Å². The zero-order valence-electron chi connectivity index (χ0n) is 12.4. The Morgan fingerprint density at radius 3 is 2.70 bits per heavy atom. The second-order valence-corrected chi connectivity index (χ2v) is 6.74. The maximum absolute atomic E-state index is 12.4. The summed E-state index contributed by atoms with van der Waals surface area (Å²) in [6, 6.07) is 5.27. The minimum absolute atomic E-state index is 0.0641. The lowest BCUT2D eigenvalue weighted by Gasteiger charge is -2.36. The monoisotopic (exact) mass is 353 g/mol. The Morgan fingerprint density at radius 2 is 1.96 bits per heavy atom. The summed E-state index contributed by atoms with van der Waals surface area (Å²) < 4.78 is 0. The van der Waals surface area contributed by atoms with E-state index in [-0.39, 0.29) is 18.4 Å². The van der Waals surface area contributed by atoms with Gasteiger partial charge in [0.25, 0.3) is 5.91 Å². The van der Waals surface area contributed by atoms with E-state index < -0.39 is 0 Å². The number of hydrazine groups is 1. The number of likely N-dealkylation sites (tertiary alicyclic amines) is 1. The van der Waals surface area contributed by atoms with Gasteiger partial charge in [0.1, 0.15) is 12.5 Å². The Kier molecular flexibility index (Phi) is 3.95. The molecule has 1 aromatic carbocycles. The topological polar surface area (TPSA) is 59.6 Å². The van der Waals surface area contributed by atoms with Crippen LogP contribution in [0, 0.1) is 0 Å². The molecule has 0 saturated carbocycles. The smallest absolute Gasteiger partial charge is 0.254 e. The normalized spacial score (nSPS) is 27.8. The number of carbonyl (C=O) groups is 1. The van der Waals surface area contributed by atoms with Crippen molar-refractivity contribution < 1.29 is 4.79 Å². The Hall–Kier alpha value is -1.31. The van der Waals surface area contributed by atoms with Crippen molar-refractivity contribution in [3.63, 3.8) is 0 Å². The van der Waals surface area contributed by atoms with Crippen molar-refractivity contribution >= 4 is 34.8 Å². The fourth-order valence-corrected chi connectivity index (χ4v) is 3.70. The van der Waals surface area contributed by atoms with E-state index in [1.54, 1.807) is 23.3 Å². The average molecular weight is 354 g/mol. The Bertz CT molecular complexity index is 674. The van der Waals surface area contributed by atoms with Crippen LogP contribution in [0.1, 0.15) is 12.8 Å². The molecule has 2 atom stereocenters. The zero-order valence-corrected chi connectivity index (χ0v) is 13.9. The first-order valence-corrected chi connectivity index (χ1v) is 8.40. The van der Waals surface area contributed by atoms with Crippen LogP contribution in [-0.2, 0) is 4.79 Å². The first-order chi connectivity index (χ1) is 11.1. The number of rotatable bonds is 2. The maximum Gasteiger partial charge on any atom is 0.254 e. The van der Waals surface area contributed by atoms with Crippen LogP contribution in [-0.4, -0.2) is 36.4 Å². The lowest BCUT2D eigenvalue weighted by atomic mass is 10.2. The second kappa shape index (κ2) is 5.96. The average Bonchev–Trinajstić information content (AvgIpc) is 3.16. The highest BCUT2D eigenvalue weighted by Gasteiger charge is 2.39. The van der Waals surface area contributed by atoms with Crippen LogP contribution in [0.2, 0.25) is 10.0 Å². The molecule has 2 fully saturated rings. The molecular formula is C15H17Cl2N5O. The summed E-state index contributed by atoms with van der Waals surface area (Å²) in [4.78, 5) is 14.6. The summed E-state index contributed by atoms with van der Waals surface area (Å²) in [7, 11) is 0. The van der Waals surface area contributed by atoms with E-state index in [2.05, 4.69) is 21.0 Å². The standard InChI is InChI=1S/C15H17Cl2N5O/c16-9-3-4-12(11(17)7-9)22-8-10-13(20-22)18-15(19-14(10)23)21-5-1-2-6-21/h3-4,7-8,13,15,18,20H,1-2,5-6H2,(H,19,23). The summed E-state index contributed by atoms with van der Waals surface area (Å²) in [5.41, 5.74) is 4.67. The maximum atomic E-state index is 12.4. The third kappa shape index (κ3) is 2.81. The van der Waals surface area contributed by atoms with E-state index in [0.29, 0.717) is 15.6 Å². The molecule has 6 nitrogen and oxygen atoms in total. The van der Waals surface area contributed by atoms with E-state index in [1.165, 1.54) is 12.8 Å². The van der Waals surface area contributed by atoms with Gasteiger partial charge in [0.2, 0.25) is 0 Å². The number of hydrogen-bond donors (Lipinski definition) is 3. The third-order valence-electron chi connectivity index (χ3n) is 4.38. The molecule has 3 aliphatic rings. The number of carbonyl (C=O) groups excluding carboxylic acids is 1. The first-order valence-electron chi connectivity index (χ1n) is 7.65. The summed E-state index contributed by atoms with van der Waals surface area (Å²) in [5, 5.41) is 9.30. The molecule has 0 bridgehead atoms. The molecule has 122 valence electrons. The third-order valence-corrected chi connectivity index (χ3v) is 4.91. The van der Waals surface area contributed by atoms with Crippen LogP contribution in [0.3, 0.4) is 0 Å². The van der Waals surface area contributed by atoms with E-state index in [1.807, 2.05) is 6.07 Å². The van der Waals surface area contributed by atoms with Crippen molar-refractivity contribution in [2.24, 2.45) is 0 Å². The SMILES string of the molecule is O=C1NC(N2CCCC2)NC2NN(c3ccc(Cl)cc3Cl)C=C12. The predicted molar refractivity (Wildman–Crippen MR) is 89.8 cm³/mol. The van der Waals surface area contributed by atoms with Crippen molar-refractivity contribution in [2.75, 3.05) is 18.1 Å². The van der Waals surface area contributed by atoms with E-state index in [0.717, 1.165) is 18.8 Å². The molecule has 4 rings (SSSR count). The number of anilines is 1. The number of amides is 1. The summed E-state index contributed by atoms with van der Waals surface area (Å²) in [5.74, 6) is -0.0641. The van der Waals surface area contributed by atoms with Crippen molar-refractivity contribution in [3.05, 3.63) is 40.0 Å². The van der Waals surface area contributed by atoms with Crippen LogP contribution >= 0.6 is 23.2 Å². The zero-order chi connectivity index (χ0) is 16.0. The van der Waals surface area contributed by atoms with Crippen molar-refractivity contribution in [2.45, 2.75) is 25.3 Å². The molecule has 2 saturated heterocycles. The Morgan fingerprint density at radius 1 is 1.17 bits per heavy atom. The molecule has 0 aliphatic carbocycles. The number of benzene rings is 1. The minimum Gasteiger partial charge on any atom is -0.324 e. The number of fused-ring (bicyclic) bond motifs is 1. The molecule has 1 amide bonds. The highest BCUT2D eigenvalue weighted by atomic mass is 35.5.